The van der Waals surface area contributed by atoms with Crippen LogP contribution in [-0.2, 0) is 0 Å². The Morgan fingerprint density at radius 3 is 2.67 bits per heavy atom. The van der Waals surface area contributed by atoms with Crippen LogP contribution in [0.4, 0.5) is 0 Å². The lowest BCUT2D eigenvalue weighted by atomic mass is 10.2. The molecule has 0 aliphatic heterocycles. The van der Waals surface area contributed by atoms with Crippen LogP contribution in [0.25, 0.3) is 0 Å². The molecule has 1 amide bonds. The Hall–Kier alpha value is -1.81. The van der Waals surface area contributed by atoms with Gasteiger partial charge in [-0.05, 0) is 30.3 Å². The zero-order valence-corrected chi connectivity index (χ0v) is 10.6. The SMILES string of the molecule is O=C(NCCSc1cc[c]cc1)c1ccncc1. The number of benzene rings is 1. The average molecular weight is 257 g/mol. The highest BCUT2D eigenvalue weighted by Crippen LogP contribution is 2.15. The van der Waals surface area contributed by atoms with E-state index < -0.39 is 0 Å². The van der Waals surface area contributed by atoms with Crippen LogP contribution in [-0.4, -0.2) is 23.2 Å². The molecule has 0 spiro atoms. The fourth-order valence-electron chi connectivity index (χ4n) is 1.41. The summed E-state index contributed by atoms with van der Waals surface area (Å²) in [5, 5.41) is 2.87. The largest absolute Gasteiger partial charge is 0.351 e. The molecule has 1 radical (unpaired) electrons. The van der Waals surface area contributed by atoms with E-state index in [1.807, 2.05) is 24.3 Å². The fraction of sp³-hybridized carbons (Fsp3) is 0.143. The quantitative estimate of drug-likeness (QED) is 0.660. The molecule has 2 aromatic rings. The maximum atomic E-state index is 11.7. The molecule has 1 aromatic heterocycles. The Morgan fingerprint density at radius 2 is 1.94 bits per heavy atom. The summed E-state index contributed by atoms with van der Waals surface area (Å²) in [5.74, 6) is 0.792. The van der Waals surface area contributed by atoms with Crippen LogP contribution in [0, 0.1) is 6.07 Å². The number of amides is 1. The predicted octanol–water partition coefficient (Wildman–Crippen LogP) is 2.40. The zero-order valence-electron chi connectivity index (χ0n) is 9.80. The van der Waals surface area contributed by atoms with Crippen molar-refractivity contribution < 1.29 is 4.79 Å². The van der Waals surface area contributed by atoms with Crippen molar-refractivity contribution in [1.29, 1.82) is 0 Å². The molecule has 0 unspecified atom stereocenters. The van der Waals surface area contributed by atoms with Crippen LogP contribution < -0.4 is 5.32 Å². The van der Waals surface area contributed by atoms with Gasteiger partial charge in [0.05, 0.1) is 0 Å². The molecule has 1 N–H and O–H groups in total. The molecule has 0 saturated carbocycles. The number of carbonyl (C=O) groups excluding carboxylic acids is 1. The van der Waals surface area contributed by atoms with E-state index in [2.05, 4.69) is 16.4 Å². The first-order valence-corrected chi connectivity index (χ1v) is 6.62. The number of thioether (sulfide) groups is 1. The molecule has 2 rings (SSSR count). The second kappa shape index (κ2) is 6.81. The minimum absolute atomic E-state index is 0.0561. The fourth-order valence-corrected chi connectivity index (χ4v) is 2.17. The van der Waals surface area contributed by atoms with Crippen LogP contribution in [0.2, 0.25) is 0 Å². The molecule has 0 bridgehead atoms. The third-order valence-corrected chi connectivity index (χ3v) is 3.30. The summed E-state index contributed by atoms with van der Waals surface area (Å²) in [7, 11) is 0. The van der Waals surface area contributed by atoms with Crippen molar-refractivity contribution in [2.45, 2.75) is 4.90 Å². The Morgan fingerprint density at radius 1 is 1.22 bits per heavy atom. The summed E-state index contributed by atoms with van der Waals surface area (Å²) in [5.41, 5.74) is 0.643. The standard InChI is InChI=1S/C14H13N2OS/c17-14(12-6-8-15-9-7-12)16-10-11-18-13-4-2-1-3-5-13/h2-9H,10-11H2,(H,16,17). The highest BCUT2D eigenvalue weighted by Gasteiger charge is 2.03. The highest BCUT2D eigenvalue weighted by atomic mass is 32.2. The van der Waals surface area contributed by atoms with Gasteiger partial charge in [0.25, 0.3) is 5.91 Å². The van der Waals surface area contributed by atoms with Crippen molar-refractivity contribution in [2.75, 3.05) is 12.3 Å². The smallest absolute Gasteiger partial charge is 0.251 e. The Labute approximate surface area is 111 Å². The lowest BCUT2D eigenvalue weighted by molar-refractivity contribution is 0.0956. The van der Waals surface area contributed by atoms with Gasteiger partial charge >= 0.3 is 0 Å². The topological polar surface area (TPSA) is 42.0 Å². The van der Waals surface area contributed by atoms with Crippen molar-refractivity contribution in [3.05, 3.63) is 60.4 Å². The van der Waals surface area contributed by atoms with Gasteiger partial charge in [0.2, 0.25) is 0 Å². The van der Waals surface area contributed by atoms with E-state index in [-0.39, 0.29) is 5.91 Å². The predicted molar refractivity (Wildman–Crippen MR) is 72.6 cm³/mol. The molecule has 0 aliphatic carbocycles. The number of hydrogen-bond acceptors (Lipinski definition) is 3. The summed E-state index contributed by atoms with van der Waals surface area (Å²) in [6.07, 6.45) is 3.23. The molecule has 0 atom stereocenters. The van der Waals surface area contributed by atoms with Gasteiger partial charge in [-0.2, -0.15) is 0 Å². The molecular formula is C14H13N2OS. The van der Waals surface area contributed by atoms with Gasteiger partial charge < -0.3 is 5.32 Å². The molecule has 0 saturated heterocycles. The second-order valence-corrected chi connectivity index (χ2v) is 4.74. The third-order valence-electron chi connectivity index (χ3n) is 2.29. The van der Waals surface area contributed by atoms with E-state index in [4.69, 9.17) is 0 Å². The van der Waals surface area contributed by atoms with Crippen molar-refractivity contribution in [1.82, 2.24) is 10.3 Å². The number of aromatic nitrogens is 1. The lowest BCUT2D eigenvalue weighted by Crippen LogP contribution is -2.25. The maximum Gasteiger partial charge on any atom is 0.251 e. The minimum atomic E-state index is -0.0561. The Bertz CT molecular complexity index is 488. The van der Waals surface area contributed by atoms with E-state index in [1.54, 1.807) is 36.3 Å². The third kappa shape index (κ3) is 3.89. The van der Waals surface area contributed by atoms with E-state index in [0.29, 0.717) is 12.1 Å². The molecule has 0 aliphatic rings. The van der Waals surface area contributed by atoms with Gasteiger partial charge in [-0.15, -0.1) is 11.8 Å². The number of carbonyl (C=O) groups is 1. The van der Waals surface area contributed by atoms with E-state index >= 15 is 0 Å². The lowest BCUT2D eigenvalue weighted by Gasteiger charge is -2.04. The van der Waals surface area contributed by atoms with E-state index in [1.165, 1.54) is 4.90 Å². The summed E-state index contributed by atoms with van der Waals surface area (Å²) in [6.45, 7) is 0.643. The van der Waals surface area contributed by atoms with Crippen LogP contribution in [0.15, 0.2) is 53.7 Å². The first-order valence-electron chi connectivity index (χ1n) is 5.63. The molecule has 1 aromatic carbocycles. The molecule has 4 heteroatoms. The second-order valence-electron chi connectivity index (χ2n) is 3.58. The van der Waals surface area contributed by atoms with Gasteiger partial charge in [0.1, 0.15) is 0 Å². The Balaban J connectivity index is 1.72. The Kier molecular flexibility index (Phi) is 4.78. The first kappa shape index (κ1) is 12.6. The number of nitrogens with one attached hydrogen (secondary N) is 1. The normalized spacial score (nSPS) is 10.0. The van der Waals surface area contributed by atoms with Crippen LogP contribution in [0.1, 0.15) is 10.4 Å². The van der Waals surface area contributed by atoms with Gasteiger partial charge in [0.15, 0.2) is 0 Å². The number of rotatable bonds is 5. The van der Waals surface area contributed by atoms with Gasteiger partial charge in [-0.25, -0.2) is 0 Å². The molecule has 3 nitrogen and oxygen atoms in total. The summed E-state index contributed by atoms with van der Waals surface area (Å²) in [6, 6.07) is 14.2. The average Bonchev–Trinajstić information content (AvgIpc) is 2.45. The number of hydrogen-bond donors (Lipinski definition) is 1. The van der Waals surface area contributed by atoms with Crippen LogP contribution in [0.3, 0.4) is 0 Å². The summed E-state index contributed by atoms with van der Waals surface area (Å²) in [4.78, 5) is 16.8. The first-order chi connectivity index (χ1) is 8.86. The molecule has 91 valence electrons. The molecule has 18 heavy (non-hydrogen) atoms. The highest BCUT2D eigenvalue weighted by molar-refractivity contribution is 7.99. The van der Waals surface area contributed by atoms with E-state index in [0.717, 1.165) is 5.75 Å². The van der Waals surface area contributed by atoms with Crippen molar-refractivity contribution in [3.8, 4) is 0 Å². The molecular weight excluding hydrogens is 244 g/mol. The van der Waals surface area contributed by atoms with Crippen LogP contribution in [0.5, 0.6) is 0 Å². The monoisotopic (exact) mass is 257 g/mol. The van der Waals surface area contributed by atoms with Crippen molar-refractivity contribution in [2.24, 2.45) is 0 Å². The van der Waals surface area contributed by atoms with Crippen molar-refractivity contribution in [3.63, 3.8) is 0 Å². The number of nitrogens with zero attached hydrogens (tertiary/aromatic N) is 1. The maximum absolute atomic E-state index is 11.7. The summed E-state index contributed by atoms with van der Waals surface area (Å²) < 4.78 is 0. The van der Waals surface area contributed by atoms with Crippen molar-refractivity contribution >= 4 is 17.7 Å². The van der Waals surface area contributed by atoms with E-state index in [9.17, 15) is 4.79 Å². The van der Waals surface area contributed by atoms with Crippen LogP contribution >= 0.6 is 11.8 Å². The van der Waals surface area contributed by atoms with Gasteiger partial charge in [-0.1, -0.05) is 12.1 Å². The summed E-state index contributed by atoms with van der Waals surface area (Å²) >= 11 is 1.71. The molecule has 0 fully saturated rings. The van der Waals surface area contributed by atoms with Gasteiger partial charge in [-0.3, -0.25) is 9.78 Å². The molecule has 1 heterocycles. The zero-order chi connectivity index (χ0) is 12.6. The number of pyridine rings is 1. The minimum Gasteiger partial charge on any atom is -0.351 e. The van der Waals surface area contributed by atoms with Gasteiger partial charge in [0, 0.05) is 35.2 Å².